The Morgan fingerprint density at radius 1 is 1.24 bits per heavy atom. The van der Waals surface area contributed by atoms with Gasteiger partial charge < -0.3 is 0 Å². The Balaban J connectivity index is 1.58. The van der Waals surface area contributed by atoms with Gasteiger partial charge in [0.05, 0.1) is 0 Å². The molecular weight excluding hydrogens is 372 g/mol. The minimum absolute atomic E-state index is 0.0665. The fourth-order valence-corrected chi connectivity index (χ4v) is 6.51. The lowest BCUT2D eigenvalue weighted by Gasteiger charge is -2.21. The molecule has 1 aliphatic carbocycles. The van der Waals surface area contributed by atoms with Crippen LogP contribution in [0.2, 0.25) is 0 Å². The van der Waals surface area contributed by atoms with Gasteiger partial charge >= 0.3 is 0 Å². The zero-order valence-corrected chi connectivity index (χ0v) is 16.8. The first-order valence-corrected chi connectivity index (χ1v) is 12.0. The number of aromatic nitrogens is 1. The number of nitrogens with zero attached hydrogens (tertiary/aromatic N) is 1. The van der Waals surface area contributed by atoms with Gasteiger partial charge in [-0.3, -0.25) is 0 Å². The molecule has 1 atom stereocenters. The normalized spacial score (nSPS) is 17.5. The fourth-order valence-electron chi connectivity index (χ4n) is 3.01. The van der Waals surface area contributed by atoms with E-state index in [-0.39, 0.29) is 10.4 Å². The Morgan fingerprint density at radius 3 is 2.68 bits per heavy atom. The van der Waals surface area contributed by atoms with E-state index in [0.29, 0.717) is 5.92 Å². The Kier molecular flexibility index (Phi) is 6.55. The molecule has 1 heterocycles. The monoisotopic (exact) mass is 396 g/mol. The molecule has 1 unspecified atom stereocenters. The molecule has 0 radical (unpaired) electrons. The van der Waals surface area contributed by atoms with Crippen LogP contribution >= 0.6 is 23.1 Å². The largest absolute Gasteiger partial charge is 0.268 e. The average molecular weight is 397 g/mol. The first kappa shape index (κ1) is 18.9. The number of benzene rings is 1. The van der Waals surface area contributed by atoms with E-state index in [1.54, 1.807) is 11.8 Å². The third-order valence-corrected chi connectivity index (χ3v) is 8.57. The molecule has 136 valence electrons. The van der Waals surface area contributed by atoms with Crippen molar-refractivity contribution < 1.29 is 8.42 Å². The maximum atomic E-state index is 12.5. The summed E-state index contributed by atoms with van der Waals surface area (Å²) in [6.45, 7) is 2.18. The quantitative estimate of drug-likeness (QED) is 0.692. The number of hydrogen-bond donors (Lipinski definition) is 1. The van der Waals surface area contributed by atoms with Gasteiger partial charge in [0.2, 0.25) is 4.34 Å². The average Bonchev–Trinajstić information content (AvgIpc) is 3.11. The van der Waals surface area contributed by atoms with Gasteiger partial charge in [0.25, 0.3) is 10.0 Å². The summed E-state index contributed by atoms with van der Waals surface area (Å²) in [6.07, 6.45) is 5.27. The van der Waals surface area contributed by atoms with Gasteiger partial charge in [0.1, 0.15) is 5.03 Å². The van der Waals surface area contributed by atoms with Crippen molar-refractivity contribution >= 4 is 33.1 Å². The van der Waals surface area contributed by atoms with Crippen molar-refractivity contribution in [3.63, 3.8) is 0 Å². The molecule has 0 saturated heterocycles. The maximum absolute atomic E-state index is 12.5. The van der Waals surface area contributed by atoms with E-state index in [1.165, 1.54) is 23.3 Å². The van der Waals surface area contributed by atoms with Crippen LogP contribution in [0.5, 0.6) is 0 Å². The molecule has 4 nitrogen and oxygen atoms in total. The summed E-state index contributed by atoms with van der Waals surface area (Å²) in [5, 5.41) is 2.63. The second-order valence-corrected chi connectivity index (χ2v) is 10.3. The van der Waals surface area contributed by atoms with Crippen LogP contribution in [-0.2, 0) is 10.0 Å². The van der Waals surface area contributed by atoms with Crippen LogP contribution in [0.1, 0.15) is 50.5 Å². The topological polar surface area (TPSA) is 59.1 Å². The van der Waals surface area contributed by atoms with Gasteiger partial charge in [0.15, 0.2) is 0 Å². The molecular formula is C18H24N2O2S3. The van der Waals surface area contributed by atoms with Crippen LogP contribution in [-0.4, -0.2) is 25.2 Å². The number of hydrogen-bond acceptors (Lipinski definition) is 5. The molecule has 25 heavy (non-hydrogen) atoms. The van der Waals surface area contributed by atoms with Crippen molar-refractivity contribution in [1.82, 2.24) is 9.71 Å². The van der Waals surface area contributed by atoms with E-state index in [1.807, 2.05) is 23.6 Å². The van der Waals surface area contributed by atoms with Crippen molar-refractivity contribution in [2.45, 2.75) is 60.4 Å². The SMILES string of the molecule is CC(CSc1csc(S(=O)(=O)NC2CCCCC2)n1)c1ccccc1. The second kappa shape index (κ2) is 8.66. The molecule has 1 fully saturated rings. The summed E-state index contributed by atoms with van der Waals surface area (Å²) in [5.74, 6) is 1.27. The highest BCUT2D eigenvalue weighted by molar-refractivity contribution is 7.99. The highest BCUT2D eigenvalue weighted by atomic mass is 32.2. The van der Waals surface area contributed by atoms with E-state index in [4.69, 9.17) is 0 Å². The van der Waals surface area contributed by atoms with Gasteiger partial charge in [-0.25, -0.2) is 18.1 Å². The van der Waals surface area contributed by atoms with Gasteiger partial charge in [-0.15, -0.1) is 23.1 Å². The van der Waals surface area contributed by atoms with Gasteiger partial charge in [-0.1, -0.05) is 56.5 Å². The number of nitrogens with one attached hydrogen (secondary N) is 1. The molecule has 2 aromatic rings. The molecule has 1 aromatic carbocycles. The lowest BCUT2D eigenvalue weighted by Crippen LogP contribution is -2.36. The maximum Gasteiger partial charge on any atom is 0.268 e. The minimum atomic E-state index is -3.49. The second-order valence-electron chi connectivity index (χ2n) is 6.53. The van der Waals surface area contributed by atoms with Crippen LogP contribution in [0.4, 0.5) is 0 Å². The van der Waals surface area contributed by atoms with Gasteiger partial charge in [0, 0.05) is 17.2 Å². The minimum Gasteiger partial charge on any atom is -0.218 e. The van der Waals surface area contributed by atoms with Gasteiger partial charge in [-0.05, 0) is 24.3 Å². The predicted molar refractivity (Wildman–Crippen MR) is 105 cm³/mol. The lowest BCUT2D eigenvalue weighted by atomic mass is 9.96. The Hall–Kier alpha value is -0.890. The molecule has 0 spiro atoms. The van der Waals surface area contributed by atoms with Crippen LogP contribution in [0.3, 0.4) is 0 Å². The van der Waals surface area contributed by atoms with Crippen molar-refractivity contribution in [2.24, 2.45) is 0 Å². The smallest absolute Gasteiger partial charge is 0.218 e. The van der Waals surface area contributed by atoms with Gasteiger partial charge in [-0.2, -0.15) is 0 Å². The van der Waals surface area contributed by atoms with E-state index in [9.17, 15) is 8.42 Å². The van der Waals surface area contributed by atoms with Crippen molar-refractivity contribution in [3.05, 3.63) is 41.3 Å². The van der Waals surface area contributed by atoms with E-state index < -0.39 is 10.0 Å². The lowest BCUT2D eigenvalue weighted by molar-refractivity contribution is 0.412. The highest BCUT2D eigenvalue weighted by Gasteiger charge is 2.24. The molecule has 1 aliphatic rings. The van der Waals surface area contributed by atoms with Crippen molar-refractivity contribution in [1.29, 1.82) is 0 Å². The van der Waals surface area contributed by atoms with Crippen molar-refractivity contribution in [3.8, 4) is 0 Å². The summed E-state index contributed by atoms with van der Waals surface area (Å²) < 4.78 is 28.0. The molecule has 1 N–H and O–H groups in total. The first-order valence-electron chi connectivity index (χ1n) is 8.70. The molecule has 0 aliphatic heterocycles. The molecule has 0 amide bonds. The Labute approximate surface area is 158 Å². The number of sulfonamides is 1. The van der Waals surface area contributed by atoms with Crippen LogP contribution < -0.4 is 4.72 Å². The van der Waals surface area contributed by atoms with E-state index in [0.717, 1.165) is 36.5 Å². The standard InChI is InChI=1S/C18H24N2O2S3/c1-14(15-8-4-2-5-9-15)12-23-17-13-24-18(19-17)25(21,22)20-16-10-6-3-7-11-16/h2,4-5,8-9,13-14,16,20H,3,6-7,10-12H2,1H3. The number of rotatable bonds is 7. The summed E-state index contributed by atoms with van der Waals surface area (Å²) >= 11 is 2.82. The summed E-state index contributed by atoms with van der Waals surface area (Å²) in [7, 11) is -3.49. The number of thioether (sulfide) groups is 1. The molecule has 0 bridgehead atoms. The fraction of sp³-hybridized carbons (Fsp3) is 0.500. The molecule has 3 rings (SSSR count). The zero-order chi connectivity index (χ0) is 17.7. The van der Waals surface area contributed by atoms with Crippen LogP contribution in [0.25, 0.3) is 0 Å². The zero-order valence-electron chi connectivity index (χ0n) is 14.3. The Morgan fingerprint density at radius 2 is 1.96 bits per heavy atom. The Bertz CT molecular complexity index is 769. The van der Waals surface area contributed by atoms with E-state index >= 15 is 0 Å². The highest BCUT2D eigenvalue weighted by Crippen LogP contribution is 2.29. The van der Waals surface area contributed by atoms with Crippen LogP contribution in [0, 0.1) is 0 Å². The predicted octanol–water partition coefficient (Wildman–Crippen LogP) is 4.65. The summed E-state index contributed by atoms with van der Waals surface area (Å²) in [6, 6.07) is 10.4. The van der Waals surface area contributed by atoms with Crippen molar-refractivity contribution in [2.75, 3.05) is 5.75 Å². The third-order valence-electron chi connectivity index (χ3n) is 4.47. The molecule has 7 heteroatoms. The summed E-state index contributed by atoms with van der Waals surface area (Å²) in [5.41, 5.74) is 1.29. The first-order chi connectivity index (χ1) is 12.0. The molecule has 1 aromatic heterocycles. The van der Waals surface area contributed by atoms with E-state index in [2.05, 4.69) is 28.8 Å². The molecule has 1 saturated carbocycles. The summed E-state index contributed by atoms with van der Waals surface area (Å²) in [4.78, 5) is 4.34. The number of thiazole rings is 1. The van der Waals surface area contributed by atoms with Crippen LogP contribution in [0.15, 0.2) is 45.1 Å². The third kappa shape index (κ3) is 5.29.